The van der Waals surface area contributed by atoms with E-state index in [0.29, 0.717) is 12.8 Å². The lowest BCUT2D eigenvalue weighted by Crippen LogP contribution is -2.62. The maximum atomic E-state index is 12.3. The van der Waals surface area contributed by atoms with Gasteiger partial charge in [0.15, 0.2) is 0 Å². The van der Waals surface area contributed by atoms with Crippen molar-refractivity contribution in [1.29, 1.82) is 0 Å². The van der Waals surface area contributed by atoms with E-state index < -0.39 is 0 Å². The highest BCUT2D eigenvalue weighted by molar-refractivity contribution is 5.91. The summed E-state index contributed by atoms with van der Waals surface area (Å²) in [6.07, 6.45) is 8.83. The first kappa shape index (κ1) is 11.7. The third-order valence-electron chi connectivity index (χ3n) is 5.74. The molecule has 104 valence electrons. The van der Waals surface area contributed by atoms with Crippen LogP contribution in [-0.4, -0.2) is 23.4 Å². The van der Waals surface area contributed by atoms with Crippen molar-refractivity contribution >= 4 is 11.8 Å². The number of hydrogen-bond donors (Lipinski definition) is 2. The van der Waals surface area contributed by atoms with Crippen molar-refractivity contribution in [3.63, 3.8) is 0 Å². The van der Waals surface area contributed by atoms with Gasteiger partial charge < -0.3 is 10.6 Å². The molecule has 0 aromatic carbocycles. The molecule has 4 aliphatic carbocycles. The molecule has 0 spiro atoms. The molecule has 2 amide bonds. The fourth-order valence-corrected chi connectivity index (χ4v) is 5.42. The van der Waals surface area contributed by atoms with Crippen LogP contribution >= 0.6 is 0 Å². The van der Waals surface area contributed by atoms with Crippen LogP contribution in [0.5, 0.6) is 0 Å². The van der Waals surface area contributed by atoms with Gasteiger partial charge in [0.05, 0.1) is 0 Å². The van der Waals surface area contributed by atoms with Gasteiger partial charge in [-0.2, -0.15) is 0 Å². The molecule has 0 unspecified atom stereocenters. The van der Waals surface area contributed by atoms with Gasteiger partial charge in [-0.3, -0.25) is 9.59 Å². The van der Waals surface area contributed by atoms with Gasteiger partial charge in [-0.05, 0) is 62.7 Å². The Kier molecular flexibility index (Phi) is 2.45. The van der Waals surface area contributed by atoms with Gasteiger partial charge in [-0.25, -0.2) is 0 Å². The Morgan fingerprint density at radius 3 is 2.16 bits per heavy atom. The summed E-state index contributed by atoms with van der Waals surface area (Å²) in [4.78, 5) is 23.6. The van der Waals surface area contributed by atoms with Gasteiger partial charge in [-0.15, -0.1) is 0 Å². The molecule has 1 heterocycles. The first-order chi connectivity index (χ1) is 9.12. The average molecular weight is 262 g/mol. The monoisotopic (exact) mass is 262 g/mol. The highest BCUT2D eigenvalue weighted by Gasteiger charge is 2.52. The van der Waals surface area contributed by atoms with Gasteiger partial charge in [0, 0.05) is 12.0 Å². The highest BCUT2D eigenvalue weighted by Crippen LogP contribution is 2.55. The SMILES string of the molecule is O=C1CC[C@H](C(=O)NC23CC4CC(CC(C4)C2)C3)N1. The molecule has 5 aliphatic rings. The van der Waals surface area contributed by atoms with Gasteiger partial charge in [0.2, 0.25) is 11.8 Å². The normalized spacial score (nSPS) is 47.3. The zero-order valence-corrected chi connectivity index (χ0v) is 11.3. The fourth-order valence-electron chi connectivity index (χ4n) is 5.42. The summed E-state index contributed by atoms with van der Waals surface area (Å²) in [5.41, 5.74) is 0.0686. The van der Waals surface area contributed by atoms with Crippen LogP contribution in [0.15, 0.2) is 0 Å². The lowest BCUT2D eigenvalue weighted by molar-refractivity contribution is -0.130. The molecule has 5 fully saturated rings. The largest absolute Gasteiger partial charge is 0.349 e. The Morgan fingerprint density at radius 2 is 1.68 bits per heavy atom. The number of carbonyl (C=O) groups excluding carboxylic acids is 2. The summed E-state index contributed by atoms with van der Waals surface area (Å²) in [7, 11) is 0. The maximum absolute atomic E-state index is 12.3. The molecule has 0 radical (unpaired) electrons. The second-order valence-electron chi connectivity index (χ2n) is 7.35. The van der Waals surface area contributed by atoms with Gasteiger partial charge >= 0.3 is 0 Å². The Morgan fingerprint density at radius 1 is 1.11 bits per heavy atom. The van der Waals surface area contributed by atoms with Gasteiger partial charge in [0.1, 0.15) is 6.04 Å². The van der Waals surface area contributed by atoms with E-state index in [1.807, 2.05) is 0 Å². The molecule has 1 saturated heterocycles. The molecule has 0 aromatic rings. The van der Waals surface area contributed by atoms with Crippen LogP contribution in [0.2, 0.25) is 0 Å². The Bertz CT molecular complexity index is 397. The third kappa shape index (κ3) is 1.96. The summed E-state index contributed by atoms with van der Waals surface area (Å²) in [6.45, 7) is 0. The first-order valence-electron chi connectivity index (χ1n) is 7.73. The van der Waals surface area contributed by atoms with E-state index in [4.69, 9.17) is 0 Å². The van der Waals surface area contributed by atoms with Crippen molar-refractivity contribution in [3.8, 4) is 0 Å². The van der Waals surface area contributed by atoms with Crippen LogP contribution in [0.25, 0.3) is 0 Å². The minimum absolute atomic E-state index is 0.0191. The van der Waals surface area contributed by atoms with Crippen molar-refractivity contribution in [1.82, 2.24) is 10.6 Å². The molecular weight excluding hydrogens is 240 g/mol. The summed E-state index contributed by atoms with van der Waals surface area (Å²) in [5.74, 6) is 2.60. The predicted octanol–water partition coefficient (Wildman–Crippen LogP) is 1.35. The Labute approximate surface area is 113 Å². The fraction of sp³-hybridized carbons (Fsp3) is 0.867. The van der Waals surface area contributed by atoms with Crippen LogP contribution in [0, 0.1) is 17.8 Å². The third-order valence-corrected chi connectivity index (χ3v) is 5.74. The zero-order chi connectivity index (χ0) is 13.0. The quantitative estimate of drug-likeness (QED) is 0.789. The maximum Gasteiger partial charge on any atom is 0.243 e. The van der Waals surface area contributed by atoms with Crippen LogP contribution in [0.1, 0.15) is 51.4 Å². The molecule has 4 saturated carbocycles. The Balaban J connectivity index is 1.47. The molecule has 1 atom stereocenters. The predicted molar refractivity (Wildman–Crippen MR) is 70.2 cm³/mol. The highest BCUT2D eigenvalue weighted by atomic mass is 16.2. The van der Waals surface area contributed by atoms with E-state index >= 15 is 0 Å². The molecule has 0 aromatic heterocycles. The number of amides is 2. The standard InChI is InChI=1S/C15H22N2O2/c18-13-2-1-12(16-13)14(19)17-15-6-9-3-10(7-15)5-11(4-9)8-15/h9-12H,1-8H2,(H,16,18)(H,17,19)/t9?,10?,11?,12-,15?/m1/s1. The minimum Gasteiger partial charge on any atom is -0.349 e. The van der Waals surface area contributed by atoms with E-state index in [2.05, 4.69) is 10.6 Å². The van der Waals surface area contributed by atoms with Crippen LogP contribution < -0.4 is 10.6 Å². The van der Waals surface area contributed by atoms with Gasteiger partial charge in [0.25, 0.3) is 0 Å². The van der Waals surface area contributed by atoms with Crippen LogP contribution in [0.3, 0.4) is 0 Å². The van der Waals surface area contributed by atoms with Crippen molar-refractivity contribution in [3.05, 3.63) is 0 Å². The number of carbonyl (C=O) groups is 2. The number of nitrogens with one attached hydrogen (secondary N) is 2. The summed E-state index contributed by atoms with van der Waals surface area (Å²) < 4.78 is 0. The van der Waals surface area contributed by atoms with Crippen molar-refractivity contribution in [2.24, 2.45) is 17.8 Å². The topological polar surface area (TPSA) is 58.2 Å². The molecule has 5 rings (SSSR count). The average Bonchev–Trinajstić information content (AvgIpc) is 2.73. The lowest BCUT2D eigenvalue weighted by Gasteiger charge is -2.57. The van der Waals surface area contributed by atoms with Crippen molar-refractivity contribution in [2.75, 3.05) is 0 Å². The minimum atomic E-state index is -0.277. The number of rotatable bonds is 2. The first-order valence-corrected chi connectivity index (χ1v) is 7.73. The van der Waals surface area contributed by atoms with E-state index in [9.17, 15) is 9.59 Å². The van der Waals surface area contributed by atoms with Crippen LogP contribution in [-0.2, 0) is 9.59 Å². The summed E-state index contributed by atoms with van der Waals surface area (Å²) >= 11 is 0. The van der Waals surface area contributed by atoms with E-state index in [0.717, 1.165) is 17.8 Å². The van der Waals surface area contributed by atoms with Gasteiger partial charge in [-0.1, -0.05) is 0 Å². The van der Waals surface area contributed by atoms with E-state index in [1.165, 1.54) is 38.5 Å². The van der Waals surface area contributed by atoms with Crippen molar-refractivity contribution < 1.29 is 9.59 Å². The summed E-state index contributed by atoms with van der Waals surface area (Å²) in [6, 6.07) is -0.277. The molecule has 1 aliphatic heterocycles. The molecule has 4 heteroatoms. The second-order valence-corrected chi connectivity index (χ2v) is 7.35. The molecular formula is C15H22N2O2. The van der Waals surface area contributed by atoms with E-state index in [-0.39, 0.29) is 23.4 Å². The van der Waals surface area contributed by atoms with E-state index in [1.54, 1.807) is 0 Å². The second kappa shape index (κ2) is 3.97. The zero-order valence-electron chi connectivity index (χ0n) is 11.3. The molecule has 2 N–H and O–H groups in total. The van der Waals surface area contributed by atoms with Crippen molar-refractivity contribution in [2.45, 2.75) is 62.9 Å². The molecule has 4 bridgehead atoms. The molecule has 4 nitrogen and oxygen atoms in total. The Hall–Kier alpha value is -1.06. The number of hydrogen-bond acceptors (Lipinski definition) is 2. The smallest absolute Gasteiger partial charge is 0.243 e. The van der Waals surface area contributed by atoms with Crippen LogP contribution in [0.4, 0.5) is 0 Å². The summed E-state index contributed by atoms with van der Waals surface area (Å²) in [5, 5.41) is 6.12. The lowest BCUT2D eigenvalue weighted by atomic mass is 9.53. The molecule has 19 heavy (non-hydrogen) atoms.